The lowest BCUT2D eigenvalue weighted by Crippen LogP contribution is -2.30. The standard InChI is InChI=1S/C18H13BrF2N2O3S/c19-10-2-1-3-11(8-10)23(15(24)6-7-16(25)26)9-14-22-13-5-4-12(20)17(21)18(13)27-14/h1-5,8H,6-7,9H2,(H,25,26). The average molecular weight is 455 g/mol. The number of hydrogen-bond donors (Lipinski definition) is 1. The highest BCUT2D eigenvalue weighted by Gasteiger charge is 2.20. The number of benzene rings is 2. The molecule has 0 atom stereocenters. The molecule has 0 aliphatic heterocycles. The van der Waals surface area contributed by atoms with E-state index < -0.39 is 23.5 Å². The first kappa shape index (κ1) is 19.4. The maximum Gasteiger partial charge on any atom is 0.303 e. The van der Waals surface area contributed by atoms with Crippen LogP contribution in [0.2, 0.25) is 0 Å². The number of carbonyl (C=O) groups excluding carboxylic acids is 1. The molecule has 0 spiro atoms. The molecule has 0 radical (unpaired) electrons. The highest BCUT2D eigenvalue weighted by molar-refractivity contribution is 9.10. The summed E-state index contributed by atoms with van der Waals surface area (Å²) in [6.07, 6.45) is -0.487. The van der Waals surface area contributed by atoms with Crippen LogP contribution in [0.3, 0.4) is 0 Å². The number of carbonyl (C=O) groups is 2. The molecule has 1 heterocycles. The summed E-state index contributed by atoms with van der Waals surface area (Å²) in [6.45, 7) is 0.0231. The number of carboxylic acid groups (broad SMARTS) is 1. The van der Waals surface area contributed by atoms with Crippen LogP contribution in [0.4, 0.5) is 14.5 Å². The fraction of sp³-hybridized carbons (Fsp3) is 0.167. The first-order valence-corrected chi connectivity index (χ1v) is 9.47. The van der Waals surface area contributed by atoms with Gasteiger partial charge in [0.15, 0.2) is 11.6 Å². The van der Waals surface area contributed by atoms with E-state index in [1.807, 2.05) is 0 Å². The maximum atomic E-state index is 13.9. The predicted octanol–water partition coefficient (Wildman–Crippen LogP) is 4.74. The van der Waals surface area contributed by atoms with E-state index in [-0.39, 0.29) is 24.1 Å². The molecule has 1 N–H and O–H groups in total. The van der Waals surface area contributed by atoms with Crippen molar-refractivity contribution >= 4 is 55.0 Å². The molecule has 1 amide bonds. The van der Waals surface area contributed by atoms with Crippen molar-refractivity contribution < 1.29 is 23.5 Å². The molecule has 0 fully saturated rings. The van der Waals surface area contributed by atoms with Gasteiger partial charge in [0.05, 0.1) is 23.2 Å². The smallest absolute Gasteiger partial charge is 0.303 e. The minimum Gasteiger partial charge on any atom is -0.481 e. The van der Waals surface area contributed by atoms with Gasteiger partial charge in [0.1, 0.15) is 5.01 Å². The van der Waals surface area contributed by atoms with E-state index in [1.165, 1.54) is 11.0 Å². The third-order valence-electron chi connectivity index (χ3n) is 3.76. The summed E-state index contributed by atoms with van der Waals surface area (Å²) < 4.78 is 28.2. The summed E-state index contributed by atoms with van der Waals surface area (Å²) in [4.78, 5) is 29.0. The number of rotatable bonds is 6. The third kappa shape index (κ3) is 4.48. The molecule has 0 saturated carbocycles. The minimum atomic E-state index is -1.07. The van der Waals surface area contributed by atoms with Crippen LogP contribution in [0.25, 0.3) is 10.2 Å². The summed E-state index contributed by atoms with van der Waals surface area (Å²) in [5.41, 5.74) is 0.853. The Labute approximate surface area is 165 Å². The van der Waals surface area contributed by atoms with E-state index in [1.54, 1.807) is 24.3 Å². The fourth-order valence-corrected chi connectivity index (χ4v) is 3.87. The third-order valence-corrected chi connectivity index (χ3v) is 5.30. The number of aliphatic carboxylic acids is 1. The van der Waals surface area contributed by atoms with Gasteiger partial charge in [-0.15, -0.1) is 11.3 Å². The molecule has 9 heteroatoms. The van der Waals surface area contributed by atoms with E-state index in [4.69, 9.17) is 5.11 Å². The van der Waals surface area contributed by atoms with Gasteiger partial charge in [0.25, 0.3) is 0 Å². The van der Waals surface area contributed by atoms with Gasteiger partial charge >= 0.3 is 5.97 Å². The van der Waals surface area contributed by atoms with Gasteiger partial charge in [-0.2, -0.15) is 0 Å². The van der Waals surface area contributed by atoms with Crippen LogP contribution in [-0.2, 0) is 16.1 Å². The van der Waals surface area contributed by atoms with Crippen LogP contribution in [0, 0.1) is 11.6 Å². The minimum absolute atomic E-state index is 0.0231. The SMILES string of the molecule is O=C(O)CCC(=O)N(Cc1nc2ccc(F)c(F)c2s1)c1cccc(Br)c1. The Hall–Kier alpha value is -2.39. The van der Waals surface area contributed by atoms with Gasteiger partial charge in [-0.3, -0.25) is 9.59 Å². The number of hydrogen-bond acceptors (Lipinski definition) is 4. The van der Waals surface area contributed by atoms with E-state index in [0.717, 1.165) is 21.9 Å². The zero-order chi connectivity index (χ0) is 19.6. The zero-order valence-electron chi connectivity index (χ0n) is 13.8. The Bertz CT molecular complexity index is 1030. The topological polar surface area (TPSA) is 70.5 Å². The molecule has 5 nitrogen and oxygen atoms in total. The Kier molecular flexibility index (Phi) is 5.81. The van der Waals surface area contributed by atoms with Crippen LogP contribution in [-0.4, -0.2) is 22.0 Å². The summed E-state index contributed by atoms with van der Waals surface area (Å²) in [5.74, 6) is -3.40. The average Bonchev–Trinajstić information content (AvgIpc) is 3.04. The van der Waals surface area contributed by atoms with Crippen LogP contribution in [0.15, 0.2) is 40.9 Å². The van der Waals surface area contributed by atoms with Crippen molar-refractivity contribution in [2.45, 2.75) is 19.4 Å². The molecular formula is C18H13BrF2N2O3S. The fourth-order valence-electron chi connectivity index (χ4n) is 2.50. The van der Waals surface area contributed by atoms with E-state index >= 15 is 0 Å². The summed E-state index contributed by atoms with van der Waals surface area (Å²) in [6, 6.07) is 9.33. The molecule has 3 aromatic rings. The number of amides is 1. The number of nitrogens with zero attached hydrogens (tertiary/aromatic N) is 2. The van der Waals surface area contributed by atoms with Gasteiger partial charge in [0, 0.05) is 16.6 Å². The quantitative estimate of drug-likeness (QED) is 0.583. The van der Waals surface area contributed by atoms with Crippen molar-refractivity contribution in [3.8, 4) is 0 Å². The van der Waals surface area contributed by atoms with Crippen LogP contribution in [0.5, 0.6) is 0 Å². The number of halogens is 3. The van der Waals surface area contributed by atoms with Crippen molar-refractivity contribution in [1.82, 2.24) is 4.98 Å². The lowest BCUT2D eigenvalue weighted by Gasteiger charge is -2.22. The maximum absolute atomic E-state index is 13.9. The van der Waals surface area contributed by atoms with Gasteiger partial charge in [-0.25, -0.2) is 13.8 Å². The number of fused-ring (bicyclic) bond motifs is 1. The van der Waals surface area contributed by atoms with Gasteiger partial charge < -0.3 is 10.0 Å². The highest BCUT2D eigenvalue weighted by Crippen LogP contribution is 2.29. The molecule has 0 bridgehead atoms. The van der Waals surface area contributed by atoms with E-state index in [0.29, 0.717) is 16.2 Å². The number of anilines is 1. The molecule has 0 unspecified atom stereocenters. The van der Waals surface area contributed by atoms with Gasteiger partial charge in [-0.05, 0) is 30.3 Å². The summed E-state index contributed by atoms with van der Waals surface area (Å²) in [5, 5.41) is 9.25. The molecule has 0 aliphatic carbocycles. The predicted molar refractivity (Wildman–Crippen MR) is 102 cm³/mol. The Balaban J connectivity index is 1.94. The number of thiazole rings is 1. The van der Waals surface area contributed by atoms with Crippen molar-refractivity contribution in [1.29, 1.82) is 0 Å². The normalized spacial score (nSPS) is 10.9. The van der Waals surface area contributed by atoms with E-state index in [2.05, 4.69) is 20.9 Å². The molecule has 140 valence electrons. The number of carboxylic acids is 1. The Morgan fingerprint density at radius 2 is 1.96 bits per heavy atom. The highest BCUT2D eigenvalue weighted by atomic mass is 79.9. The van der Waals surface area contributed by atoms with E-state index in [9.17, 15) is 18.4 Å². The van der Waals surface area contributed by atoms with Crippen molar-refractivity contribution in [3.63, 3.8) is 0 Å². The van der Waals surface area contributed by atoms with Gasteiger partial charge in [0.2, 0.25) is 5.91 Å². The van der Waals surface area contributed by atoms with Crippen molar-refractivity contribution in [2.75, 3.05) is 4.90 Å². The first-order chi connectivity index (χ1) is 12.8. The zero-order valence-corrected chi connectivity index (χ0v) is 16.2. The molecule has 27 heavy (non-hydrogen) atoms. The molecule has 1 aromatic heterocycles. The number of aromatic nitrogens is 1. The second-order valence-corrected chi connectivity index (χ2v) is 7.67. The molecule has 0 aliphatic rings. The molecule has 2 aromatic carbocycles. The van der Waals surface area contributed by atoms with Crippen LogP contribution < -0.4 is 4.90 Å². The monoisotopic (exact) mass is 454 g/mol. The van der Waals surface area contributed by atoms with Gasteiger partial charge in [-0.1, -0.05) is 22.0 Å². The largest absolute Gasteiger partial charge is 0.481 e. The van der Waals surface area contributed by atoms with Crippen molar-refractivity contribution in [2.24, 2.45) is 0 Å². The summed E-state index contributed by atoms with van der Waals surface area (Å²) >= 11 is 4.30. The first-order valence-electron chi connectivity index (χ1n) is 7.86. The summed E-state index contributed by atoms with van der Waals surface area (Å²) in [7, 11) is 0. The lowest BCUT2D eigenvalue weighted by molar-refractivity contribution is -0.138. The lowest BCUT2D eigenvalue weighted by atomic mass is 10.2. The molecule has 0 saturated heterocycles. The van der Waals surface area contributed by atoms with Crippen LogP contribution >= 0.6 is 27.3 Å². The second-order valence-electron chi connectivity index (χ2n) is 5.67. The Morgan fingerprint density at radius 1 is 1.19 bits per heavy atom. The molecule has 3 rings (SSSR count). The molecular weight excluding hydrogens is 442 g/mol. The second kappa shape index (κ2) is 8.10. The Morgan fingerprint density at radius 3 is 2.67 bits per heavy atom. The van der Waals surface area contributed by atoms with Crippen molar-refractivity contribution in [3.05, 3.63) is 57.5 Å². The van der Waals surface area contributed by atoms with Crippen LogP contribution in [0.1, 0.15) is 17.8 Å².